The standard InChI is InChI=1S/C24H36N4O4Si/c1-6-30-33(31-7-2,32-8-3)19-11-18-25-24(29)22-12-9-10-13-23(22)27-26-20-14-16-21(17-15-20)28(4)5/h9-10,12-17H,6-8,11,18-19H2,1-5H3,(H,25,29). The van der Waals surface area contributed by atoms with Crippen LogP contribution in [0.5, 0.6) is 0 Å². The van der Waals surface area contributed by atoms with E-state index in [0.717, 1.165) is 11.4 Å². The first-order chi connectivity index (χ1) is 15.9. The summed E-state index contributed by atoms with van der Waals surface area (Å²) < 4.78 is 17.6. The molecule has 1 amide bonds. The molecule has 0 aromatic heterocycles. The molecule has 2 aromatic rings. The first-order valence-corrected chi connectivity index (χ1v) is 13.4. The van der Waals surface area contributed by atoms with Gasteiger partial charge in [-0.25, -0.2) is 0 Å². The Balaban J connectivity index is 1.99. The predicted molar refractivity (Wildman–Crippen MR) is 134 cm³/mol. The van der Waals surface area contributed by atoms with Crippen molar-refractivity contribution < 1.29 is 18.1 Å². The van der Waals surface area contributed by atoms with Crippen molar-refractivity contribution in [2.45, 2.75) is 33.2 Å². The normalized spacial score (nSPS) is 11.7. The molecule has 0 radical (unpaired) electrons. The molecule has 0 fully saturated rings. The summed E-state index contributed by atoms with van der Waals surface area (Å²) in [5.74, 6) is -0.191. The number of hydrogen-bond acceptors (Lipinski definition) is 7. The summed E-state index contributed by atoms with van der Waals surface area (Å²) in [7, 11) is 1.26. The first-order valence-electron chi connectivity index (χ1n) is 11.4. The SMILES string of the molecule is CCO[Si](CCCNC(=O)c1ccccc1N=Nc1ccc(N(C)C)cc1)(OCC)OCC. The highest BCUT2D eigenvalue weighted by molar-refractivity contribution is 6.60. The van der Waals surface area contributed by atoms with Gasteiger partial charge in [-0.1, -0.05) is 12.1 Å². The fourth-order valence-corrected chi connectivity index (χ4v) is 5.90. The van der Waals surface area contributed by atoms with E-state index in [1.165, 1.54) is 0 Å². The number of amides is 1. The van der Waals surface area contributed by atoms with Crippen molar-refractivity contribution in [3.8, 4) is 0 Å². The number of carbonyl (C=O) groups is 1. The predicted octanol–water partition coefficient (Wildman–Crippen LogP) is 5.34. The number of benzene rings is 2. The molecule has 180 valence electrons. The highest BCUT2D eigenvalue weighted by Crippen LogP contribution is 2.24. The maximum atomic E-state index is 12.8. The summed E-state index contributed by atoms with van der Waals surface area (Å²) in [6.07, 6.45) is 0.694. The fourth-order valence-electron chi connectivity index (χ4n) is 3.29. The molecule has 0 atom stereocenters. The van der Waals surface area contributed by atoms with Crippen LogP contribution in [0, 0.1) is 0 Å². The molecule has 0 saturated carbocycles. The van der Waals surface area contributed by atoms with E-state index >= 15 is 0 Å². The first kappa shape index (κ1) is 26.7. The smallest absolute Gasteiger partial charge is 0.378 e. The van der Waals surface area contributed by atoms with E-state index < -0.39 is 8.80 Å². The second-order valence-corrected chi connectivity index (χ2v) is 10.2. The van der Waals surface area contributed by atoms with Crippen molar-refractivity contribution in [2.75, 3.05) is 45.4 Å². The van der Waals surface area contributed by atoms with Crippen LogP contribution in [0.2, 0.25) is 6.04 Å². The Morgan fingerprint density at radius 3 is 2.09 bits per heavy atom. The lowest BCUT2D eigenvalue weighted by atomic mass is 10.1. The highest BCUT2D eigenvalue weighted by Gasteiger charge is 2.39. The largest absolute Gasteiger partial charge is 0.500 e. The summed E-state index contributed by atoms with van der Waals surface area (Å²) in [5, 5.41) is 11.6. The molecule has 0 unspecified atom stereocenters. The molecule has 0 bridgehead atoms. The second kappa shape index (κ2) is 13.8. The summed E-state index contributed by atoms with van der Waals surface area (Å²) in [4.78, 5) is 14.8. The van der Waals surface area contributed by atoms with Crippen LogP contribution in [0.3, 0.4) is 0 Å². The van der Waals surface area contributed by atoms with Crippen LogP contribution in [-0.2, 0) is 13.3 Å². The van der Waals surface area contributed by atoms with Gasteiger partial charge < -0.3 is 23.5 Å². The number of nitrogens with zero attached hydrogens (tertiary/aromatic N) is 3. The lowest BCUT2D eigenvalue weighted by Gasteiger charge is -2.28. The van der Waals surface area contributed by atoms with Gasteiger partial charge in [-0.2, -0.15) is 5.11 Å². The summed E-state index contributed by atoms with van der Waals surface area (Å²) >= 11 is 0. The molecule has 1 N–H and O–H groups in total. The lowest BCUT2D eigenvalue weighted by molar-refractivity contribution is 0.0705. The molecule has 0 spiro atoms. The molecule has 2 rings (SSSR count). The molecular formula is C24H36N4O4Si. The van der Waals surface area contributed by atoms with Crippen LogP contribution in [-0.4, -0.2) is 55.2 Å². The molecule has 2 aromatic carbocycles. The van der Waals surface area contributed by atoms with E-state index in [4.69, 9.17) is 13.3 Å². The van der Waals surface area contributed by atoms with E-state index in [1.807, 2.05) is 76.2 Å². The maximum absolute atomic E-state index is 12.8. The van der Waals surface area contributed by atoms with Crippen molar-refractivity contribution in [1.29, 1.82) is 0 Å². The van der Waals surface area contributed by atoms with Crippen LogP contribution in [0.25, 0.3) is 0 Å². The van der Waals surface area contributed by atoms with E-state index in [0.29, 0.717) is 50.1 Å². The van der Waals surface area contributed by atoms with Crippen LogP contribution in [0.15, 0.2) is 58.8 Å². The van der Waals surface area contributed by atoms with Gasteiger partial charge in [0.05, 0.1) is 16.9 Å². The zero-order valence-corrected chi connectivity index (χ0v) is 21.3. The molecular weight excluding hydrogens is 436 g/mol. The molecule has 8 nitrogen and oxygen atoms in total. The third kappa shape index (κ3) is 8.36. The molecule has 0 saturated heterocycles. The number of hydrogen-bond donors (Lipinski definition) is 1. The van der Waals surface area contributed by atoms with Crippen molar-refractivity contribution >= 4 is 31.8 Å². The summed E-state index contributed by atoms with van der Waals surface area (Å²) in [6.45, 7) is 7.90. The quantitative estimate of drug-likeness (QED) is 0.228. The van der Waals surface area contributed by atoms with Gasteiger partial charge in [-0.05, 0) is 63.6 Å². The average Bonchev–Trinajstić information content (AvgIpc) is 2.81. The van der Waals surface area contributed by atoms with E-state index in [9.17, 15) is 4.79 Å². The Labute approximate surface area is 198 Å². The van der Waals surface area contributed by atoms with Crippen molar-refractivity contribution in [2.24, 2.45) is 10.2 Å². The number of rotatable bonds is 14. The number of anilines is 1. The molecule has 0 aliphatic heterocycles. The molecule has 9 heteroatoms. The van der Waals surface area contributed by atoms with Crippen molar-refractivity contribution in [3.63, 3.8) is 0 Å². The summed E-state index contributed by atoms with van der Waals surface area (Å²) in [5.41, 5.74) is 2.81. The van der Waals surface area contributed by atoms with E-state index in [2.05, 4.69) is 15.5 Å². The highest BCUT2D eigenvalue weighted by atomic mass is 28.4. The molecule has 0 heterocycles. The third-order valence-electron chi connectivity index (χ3n) is 4.83. The Bertz CT molecular complexity index is 873. The van der Waals surface area contributed by atoms with Crippen molar-refractivity contribution in [3.05, 3.63) is 54.1 Å². The number of carbonyl (C=O) groups excluding carboxylic acids is 1. The van der Waals surface area contributed by atoms with E-state index in [1.54, 1.807) is 12.1 Å². The third-order valence-corrected chi connectivity index (χ3v) is 7.98. The van der Waals surface area contributed by atoms with Crippen LogP contribution in [0.1, 0.15) is 37.6 Å². The van der Waals surface area contributed by atoms with Crippen LogP contribution < -0.4 is 10.2 Å². The van der Waals surface area contributed by atoms with Gasteiger partial charge in [0.25, 0.3) is 5.91 Å². The fraction of sp³-hybridized carbons (Fsp3) is 0.458. The Morgan fingerprint density at radius 2 is 1.52 bits per heavy atom. The molecule has 33 heavy (non-hydrogen) atoms. The van der Waals surface area contributed by atoms with Gasteiger partial charge in [-0.3, -0.25) is 4.79 Å². The zero-order valence-electron chi connectivity index (χ0n) is 20.3. The molecule has 0 aliphatic carbocycles. The monoisotopic (exact) mass is 472 g/mol. The number of azo groups is 1. The Morgan fingerprint density at radius 1 is 0.909 bits per heavy atom. The van der Waals surface area contributed by atoms with Crippen molar-refractivity contribution in [1.82, 2.24) is 5.32 Å². The Kier molecular flexibility index (Phi) is 11.2. The van der Waals surface area contributed by atoms with E-state index in [-0.39, 0.29) is 5.91 Å². The minimum atomic E-state index is -2.71. The molecule has 0 aliphatic rings. The summed E-state index contributed by atoms with van der Waals surface area (Å²) in [6, 6.07) is 15.6. The van der Waals surface area contributed by atoms with Gasteiger partial charge in [0, 0.05) is 52.2 Å². The average molecular weight is 473 g/mol. The minimum absolute atomic E-state index is 0.191. The zero-order chi connectivity index (χ0) is 24.1. The van der Waals surface area contributed by atoms with Gasteiger partial charge in [-0.15, -0.1) is 5.11 Å². The van der Waals surface area contributed by atoms with Gasteiger partial charge in [0.15, 0.2) is 0 Å². The Hall–Kier alpha value is -2.59. The maximum Gasteiger partial charge on any atom is 0.500 e. The van der Waals surface area contributed by atoms with Crippen LogP contribution >= 0.6 is 0 Å². The van der Waals surface area contributed by atoms with Crippen LogP contribution in [0.4, 0.5) is 17.1 Å². The lowest BCUT2D eigenvalue weighted by Crippen LogP contribution is -2.46. The minimum Gasteiger partial charge on any atom is -0.378 e. The number of nitrogens with one attached hydrogen (secondary N) is 1. The van der Waals surface area contributed by atoms with Gasteiger partial charge in [0.1, 0.15) is 0 Å². The topological polar surface area (TPSA) is 84.8 Å². The van der Waals surface area contributed by atoms with Gasteiger partial charge >= 0.3 is 8.80 Å². The van der Waals surface area contributed by atoms with Gasteiger partial charge in [0.2, 0.25) is 0 Å². The second-order valence-electron chi connectivity index (χ2n) is 7.47.